The lowest BCUT2D eigenvalue weighted by molar-refractivity contribution is -0.104. The zero-order valence-corrected chi connectivity index (χ0v) is 10.1. The molecule has 0 spiro atoms. The Morgan fingerprint density at radius 1 is 1.53 bits per heavy atom. The fourth-order valence-electron chi connectivity index (χ4n) is 2.16. The molecule has 1 aliphatic rings. The molecule has 0 saturated heterocycles. The Labute approximate surface area is 93.3 Å². The number of hydrogen-bond donors (Lipinski definition) is 0. The topological polar surface area (TPSA) is 17.1 Å². The van der Waals surface area contributed by atoms with Crippen molar-refractivity contribution in [2.24, 2.45) is 11.3 Å². The highest BCUT2D eigenvalue weighted by atomic mass is 16.1. The maximum Gasteiger partial charge on any atom is 0.142 e. The van der Waals surface area contributed by atoms with Crippen molar-refractivity contribution >= 4 is 6.29 Å². The molecule has 1 rings (SSSR count). The molecule has 0 saturated carbocycles. The molecule has 0 aromatic carbocycles. The smallest absolute Gasteiger partial charge is 0.142 e. The summed E-state index contributed by atoms with van der Waals surface area (Å²) < 4.78 is 0. The van der Waals surface area contributed by atoms with E-state index < -0.39 is 0 Å². The van der Waals surface area contributed by atoms with Crippen LogP contribution in [0, 0.1) is 11.3 Å². The van der Waals surface area contributed by atoms with Gasteiger partial charge in [0.15, 0.2) is 0 Å². The molecule has 1 atom stereocenters. The van der Waals surface area contributed by atoms with E-state index in [-0.39, 0.29) is 0 Å². The van der Waals surface area contributed by atoms with Gasteiger partial charge in [-0.1, -0.05) is 38.5 Å². The average Bonchev–Trinajstić information content (AvgIpc) is 2.53. The van der Waals surface area contributed by atoms with Gasteiger partial charge in [0.05, 0.1) is 0 Å². The van der Waals surface area contributed by atoms with Gasteiger partial charge in [0, 0.05) is 0 Å². The van der Waals surface area contributed by atoms with Crippen molar-refractivity contribution in [3.05, 3.63) is 23.8 Å². The second-order valence-electron chi connectivity index (χ2n) is 5.37. The van der Waals surface area contributed by atoms with Gasteiger partial charge >= 0.3 is 0 Å². The summed E-state index contributed by atoms with van der Waals surface area (Å²) in [4.78, 5) is 10.1. The van der Waals surface area contributed by atoms with E-state index in [4.69, 9.17) is 0 Å². The second-order valence-corrected chi connectivity index (χ2v) is 5.37. The molecule has 1 aliphatic carbocycles. The van der Waals surface area contributed by atoms with Crippen LogP contribution in [-0.2, 0) is 4.79 Å². The van der Waals surface area contributed by atoms with Crippen molar-refractivity contribution in [1.29, 1.82) is 0 Å². The third kappa shape index (κ3) is 4.03. The van der Waals surface area contributed by atoms with Crippen molar-refractivity contribution < 1.29 is 4.79 Å². The van der Waals surface area contributed by atoms with Crippen LogP contribution in [0.3, 0.4) is 0 Å². The largest absolute Gasteiger partial charge is 0.299 e. The molecule has 84 valence electrons. The van der Waals surface area contributed by atoms with Crippen molar-refractivity contribution in [2.75, 3.05) is 0 Å². The van der Waals surface area contributed by atoms with Crippen LogP contribution in [0.25, 0.3) is 0 Å². The van der Waals surface area contributed by atoms with Gasteiger partial charge in [-0.2, -0.15) is 0 Å². The maximum atomic E-state index is 10.1. The fourth-order valence-corrected chi connectivity index (χ4v) is 2.16. The summed E-state index contributed by atoms with van der Waals surface area (Å²) >= 11 is 0. The van der Waals surface area contributed by atoms with Crippen LogP contribution < -0.4 is 0 Å². The first-order chi connectivity index (χ1) is 7.05. The number of carbonyl (C=O) groups excluding carboxylic acids is 1. The van der Waals surface area contributed by atoms with Gasteiger partial charge < -0.3 is 0 Å². The summed E-state index contributed by atoms with van der Waals surface area (Å²) in [6.45, 7) is 6.95. The predicted molar refractivity (Wildman–Crippen MR) is 64.7 cm³/mol. The first-order valence-corrected chi connectivity index (χ1v) is 5.84. The zero-order chi connectivity index (χ0) is 11.3. The lowest BCUT2D eigenvalue weighted by atomic mass is 9.86. The molecule has 0 fully saturated rings. The number of allylic oxidation sites excluding steroid dienone is 4. The summed E-state index contributed by atoms with van der Waals surface area (Å²) in [6, 6.07) is 0. The first kappa shape index (κ1) is 12.2. The lowest BCUT2D eigenvalue weighted by Crippen LogP contribution is -2.07. The molecule has 1 unspecified atom stereocenters. The lowest BCUT2D eigenvalue weighted by Gasteiger charge is -2.19. The number of hydrogen-bond acceptors (Lipinski definition) is 1. The standard InChI is InChI=1S/C14H22O/c1-12(7-5-4-6-10-15)13-8-9-14(2,3)11-13/h4,6,8,10,12H,5,7,9,11H2,1-3H3/b6-4+. The third-order valence-electron chi connectivity index (χ3n) is 3.21. The molecule has 0 aromatic heterocycles. The third-order valence-corrected chi connectivity index (χ3v) is 3.21. The van der Waals surface area contributed by atoms with Gasteiger partial charge in [0.1, 0.15) is 6.29 Å². The second kappa shape index (κ2) is 5.29. The number of carbonyl (C=O) groups is 1. The Balaban J connectivity index is 2.32. The summed E-state index contributed by atoms with van der Waals surface area (Å²) in [5.41, 5.74) is 2.09. The Hall–Kier alpha value is -0.850. The van der Waals surface area contributed by atoms with Crippen LogP contribution >= 0.6 is 0 Å². The Bertz CT molecular complexity index is 271. The minimum atomic E-state index is 0.474. The normalized spacial score (nSPS) is 21.7. The maximum absolute atomic E-state index is 10.1. The Morgan fingerprint density at radius 2 is 2.27 bits per heavy atom. The van der Waals surface area contributed by atoms with Crippen LogP contribution in [0.2, 0.25) is 0 Å². The molecule has 0 heterocycles. The van der Waals surface area contributed by atoms with Gasteiger partial charge in [-0.05, 0) is 43.1 Å². The molecule has 0 N–H and O–H groups in total. The van der Waals surface area contributed by atoms with Gasteiger partial charge in [-0.25, -0.2) is 0 Å². The molecule has 0 amide bonds. The highest BCUT2D eigenvalue weighted by Gasteiger charge is 2.26. The summed E-state index contributed by atoms with van der Waals surface area (Å²) in [5, 5.41) is 0. The van der Waals surface area contributed by atoms with E-state index in [9.17, 15) is 4.79 Å². The van der Waals surface area contributed by atoms with Crippen LogP contribution in [0.1, 0.15) is 46.5 Å². The molecular weight excluding hydrogens is 184 g/mol. The molecule has 15 heavy (non-hydrogen) atoms. The van der Waals surface area contributed by atoms with Gasteiger partial charge in [-0.3, -0.25) is 4.79 Å². The molecule has 1 nitrogen and oxygen atoms in total. The SMILES string of the molecule is CC(CC/C=C/C=O)C1=CCC(C)(C)C1. The van der Waals surface area contributed by atoms with Crippen molar-refractivity contribution in [1.82, 2.24) is 0 Å². The minimum Gasteiger partial charge on any atom is -0.299 e. The Kier molecular flexibility index (Phi) is 4.31. The molecule has 0 radical (unpaired) electrons. The Morgan fingerprint density at radius 3 is 2.80 bits per heavy atom. The highest BCUT2D eigenvalue weighted by Crippen LogP contribution is 2.40. The van der Waals surface area contributed by atoms with E-state index >= 15 is 0 Å². The first-order valence-electron chi connectivity index (χ1n) is 5.84. The van der Waals surface area contributed by atoms with E-state index in [1.54, 1.807) is 11.6 Å². The van der Waals surface area contributed by atoms with Gasteiger partial charge in [0.2, 0.25) is 0 Å². The van der Waals surface area contributed by atoms with Crippen LogP contribution in [0.4, 0.5) is 0 Å². The van der Waals surface area contributed by atoms with E-state index in [0.29, 0.717) is 11.3 Å². The van der Waals surface area contributed by atoms with Gasteiger partial charge in [-0.15, -0.1) is 0 Å². The molecule has 0 bridgehead atoms. The van der Waals surface area contributed by atoms with Crippen LogP contribution in [0.5, 0.6) is 0 Å². The van der Waals surface area contributed by atoms with Gasteiger partial charge in [0.25, 0.3) is 0 Å². The fraction of sp³-hybridized carbons (Fsp3) is 0.643. The summed E-state index contributed by atoms with van der Waals surface area (Å²) in [7, 11) is 0. The highest BCUT2D eigenvalue weighted by molar-refractivity contribution is 5.64. The van der Waals surface area contributed by atoms with Crippen molar-refractivity contribution in [2.45, 2.75) is 46.5 Å². The molecule has 0 aliphatic heterocycles. The van der Waals surface area contributed by atoms with E-state index in [2.05, 4.69) is 26.8 Å². The average molecular weight is 206 g/mol. The number of aldehydes is 1. The van der Waals surface area contributed by atoms with Crippen molar-refractivity contribution in [3.63, 3.8) is 0 Å². The number of rotatable bonds is 5. The molecular formula is C14H22O. The van der Waals surface area contributed by atoms with E-state index in [0.717, 1.165) is 19.1 Å². The van der Waals surface area contributed by atoms with Crippen molar-refractivity contribution in [3.8, 4) is 0 Å². The van der Waals surface area contributed by atoms with Crippen LogP contribution in [0.15, 0.2) is 23.8 Å². The zero-order valence-electron chi connectivity index (χ0n) is 10.1. The van der Waals surface area contributed by atoms with E-state index in [1.807, 2.05) is 6.08 Å². The molecule has 1 heteroatoms. The monoisotopic (exact) mass is 206 g/mol. The predicted octanol–water partition coefficient (Wildman–Crippen LogP) is 3.90. The summed E-state index contributed by atoms with van der Waals surface area (Å²) in [6.07, 6.45) is 11.5. The van der Waals surface area contributed by atoms with E-state index in [1.165, 1.54) is 12.8 Å². The minimum absolute atomic E-state index is 0.474. The summed E-state index contributed by atoms with van der Waals surface area (Å²) in [5.74, 6) is 0.670. The quantitative estimate of drug-likeness (QED) is 0.379. The van der Waals surface area contributed by atoms with Crippen LogP contribution in [-0.4, -0.2) is 6.29 Å². The molecule has 0 aromatic rings.